The van der Waals surface area contributed by atoms with Gasteiger partial charge in [-0.15, -0.1) is 10.2 Å². The minimum absolute atomic E-state index is 0.0831. The Kier molecular flexibility index (Phi) is 4.76. The Morgan fingerprint density at radius 1 is 1.32 bits per heavy atom. The number of hydrogen-bond acceptors (Lipinski definition) is 5. The van der Waals surface area contributed by atoms with Gasteiger partial charge in [-0.25, -0.2) is 0 Å². The molecule has 0 saturated carbocycles. The van der Waals surface area contributed by atoms with Crippen molar-refractivity contribution in [1.29, 1.82) is 0 Å². The van der Waals surface area contributed by atoms with Crippen molar-refractivity contribution in [1.82, 2.24) is 19.7 Å². The molecule has 0 radical (unpaired) electrons. The highest BCUT2D eigenvalue weighted by molar-refractivity contribution is 5.82. The summed E-state index contributed by atoms with van der Waals surface area (Å²) in [4.78, 5) is 14.5. The lowest BCUT2D eigenvalue weighted by Crippen LogP contribution is -2.48. The zero-order valence-corrected chi connectivity index (χ0v) is 14.9. The SMILES string of the molecule is CC(C)c1nnc2n1[C@@H](C)CN(C(=O)[C@@H](N)Cc1ccc(O)cc1)C2. The molecule has 2 atom stereocenters. The molecule has 1 aromatic heterocycles. The average molecular weight is 343 g/mol. The van der Waals surface area contributed by atoms with E-state index < -0.39 is 6.04 Å². The molecule has 7 nitrogen and oxygen atoms in total. The van der Waals surface area contributed by atoms with Gasteiger partial charge in [0.2, 0.25) is 5.91 Å². The Bertz CT molecular complexity index is 753. The number of benzene rings is 1. The summed E-state index contributed by atoms with van der Waals surface area (Å²) in [7, 11) is 0. The fraction of sp³-hybridized carbons (Fsp3) is 0.500. The van der Waals surface area contributed by atoms with Crippen LogP contribution in [0.15, 0.2) is 24.3 Å². The number of rotatable bonds is 4. The first-order valence-corrected chi connectivity index (χ1v) is 8.62. The van der Waals surface area contributed by atoms with Crippen LogP contribution in [0.5, 0.6) is 5.75 Å². The van der Waals surface area contributed by atoms with Gasteiger partial charge in [-0.1, -0.05) is 26.0 Å². The summed E-state index contributed by atoms with van der Waals surface area (Å²) in [6.45, 7) is 7.30. The molecule has 0 bridgehead atoms. The average Bonchev–Trinajstić information content (AvgIpc) is 3.01. The normalized spacial score (nSPS) is 18.3. The van der Waals surface area contributed by atoms with Gasteiger partial charge in [0.05, 0.1) is 18.6 Å². The number of hydrogen-bond donors (Lipinski definition) is 2. The number of phenolic OH excluding ortho intramolecular Hbond substituents is 1. The fourth-order valence-corrected chi connectivity index (χ4v) is 3.33. The van der Waals surface area contributed by atoms with Crippen molar-refractivity contribution in [2.75, 3.05) is 6.54 Å². The van der Waals surface area contributed by atoms with E-state index >= 15 is 0 Å². The Morgan fingerprint density at radius 3 is 2.64 bits per heavy atom. The first-order chi connectivity index (χ1) is 11.9. The van der Waals surface area contributed by atoms with Gasteiger partial charge in [-0.05, 0) is 31.0 Å². The van der Waals surface area contributed by atoms with Crippen molar-refractivity contribution in [2.24, 2.45) is 5.73 Å². The monoisotopic (exact) mass is 343 g/mol. The highest BCUT2D eigenvalue weighted by atomic mass is 16.3. The summed E-state index contributed by atoms with van der Waals surface area (Å²) in [5.41, 5.74) is 7.07. The van der Waals surface area contributed by atoms with Crippen LogP contribution in [-0.4, -0.2) is 43.3 Å². The summed E-state index contributed by atoms with van der Waals surface area (Å²) in [5.74, 6) is 2.19. The summed E-state index contributed by atoms with van der Waals surface area (Å²) in [5, 5.41) is 17.9. The number of nitrogens with two attached hydrogens (primary N) is 1. The Morgan fingerprint density at radius 2 is 2.00 bits per heavy atom. The molecule has 25 heavy (non-hydrogen) atoms. The van der Waals surface area contributed by atoms with Gasteiger partial charge in [0.1, 0.15) is 11.6 Å². The standard InChI is InChI=1S/C18H25N5O2/c1-11(2)17-21-20-16-10-22(9-12(3)23(16)17)18(25)15(19)8-13-4-6-14(24)7-5-13/h4-7,11-12,15,24H,8-10,19H2,1-3H3/t12-,15-/m0/s1. The van der Waals surface area contributed by atoms with Crippen molar-refractivity contribution in [3.8, 4) is 5.75 Å². The van der Waals surface area contributed by atoms with E-state index in [0.717, 1.165) is 17.2 Å². The number of fused-ring (bicyclic) bond motifs is 1. The maximum Gasteiger partial charge on any atom is 0.240 e. The highest BCUT2D eigenvalue weighted by Gasteiger charge is 2.31. The third-order valence-corrected chi connectivity index (χ3v) is 4.59. The zero-order valence-electron chi connectivity index (χ0n) is 14.9. The van der Waals surface area contributed by atoms with Crippen LogP contribution < -0.4 is 5.73 Å². The van der Waals surface area contributed by atoms with Crippen molar-refractivity contribution in [3.63, 3.8) is 0 Å². The smallest absolute Gasteiger partial charge is 0.240 e. The van der Waals surface area contributed by atoms with Gasteiger partial charge in [-0.2, -0.15) is 0 Å². The largest absolute Gasteiger partial charge is 0.508 e. The van der Waals surface area contributed by atoms with E-state index in [9.17, 15) is 9.90 Å². The third-order valence-electron chi connectivity index (χ3n) is 4.59. The van der Waals surface area contributed by atoms with Gasteiger partial charge >= 0.3 is 0 Å². The van der Waals surface area contributed by atoms with Crippen LogP contribution in [0.25, 0.3) is 0 Å². The zero-order chi connectivity index (χ0) is 18.1. The molecule has 0 aliphatic carbocycles. The van der Waals surface area contributed by atoms with Gasteiger partial charge in [0, 0.05) is 12.5 Å². The molecule has 1 aliphatic rings. The number of phenols is 1. The van der Waals surface area contributed by atoms with E-state index in [0.29, 0.717) is 25.4 Å². The lowest BCUT2D eigenvalue weighted by molar-refractivity contribution is -0.134. The van der Waals surface area contributed by atoms with Gasteiger partial charge in [-0.3, -0.25) is 4.79 Å². The fourth-order valence-electron chi connectivity index (χ4n) is 3.33. The molecular weight excluding hydrogens is 318 g/mol. The lowest BCUT2D eigenvalue weighted by atomic mass is 10.0. The van der Waals surface area contributed by atoms with E-state index in [2.05, 4.69) is 35.5 Å². The minimum Gasteiger partial charge on any atom is -0.508 e. The van der Waals surface area contributed by atoms with Crippen LogP contribution in [0, 0.1) is 0 Å². The van der Waals surface area contributed by atoms with E-state index in [1.807, 2.05) is 0 Å². The maximum absolute atomic E-state index is 12.8. The van der Waals surface area contributed by atoms with Gasteiger partial charge in [0.15, 0.2) is 5.82 Å². The number of nitrogens with zero attached hydrogens (tertiary/aromatic N) is 4. The number of aromatic nitrogens is 3. The molecule has 7 heteroatoms. The van der Waals surface area contributed by atoms with Crippen LogP contribution in [-0.2, 0) is 17.8 Å². The van der Waals surface area contributed by atoms with Crippen molar-refractivity contribution >= 4 is 5.91 Å². The molecule has 2 aromatic rings. The molecule has 0 saturated heterocycles. The summed E-state index contributed by atoms with van der Waals surface area (Å²) < 4.78 is 2.14. The molecule has 0 spiro atoms. The van der Waals surface area contributed by atoms with Crippen molar-refractivity contribution < 1.29 is 9.90 Å². The van der Waals surface area contributed by atoms with E-state index in [1.165, 1.54) is 0 Å². The molecule has 0 unspecified atom stereocenters. The number of carbonyl (C=O) groups is 1. The molecule has 3 N–H and O–H groups in total. The second-order valence-electron chi connectivity index (χ2n) is 7.04. The third kappa shape index (κ3) is 3.51. The maximum atomic E-state index is 12.8. The summed E-state index contributed by atoms with van der Waals surface area (Å²) >= 11 is 0. The van der Waals surface area contributed by atoms with E-state index in [-0.39, 0.29) is 17.7 Å². The van der Waals surface area contributed by atoms with Gasteiger partial charge < -0.3 is 20.3 Å². The van der Waals surface area contributed by atoms with E-state index in [1.54, 1.807) is 29.2 Å². The second-order valence-corrected chi connectivity index (χ2v) is 7.04. The number of amides is 1. The molecule has 1 amide bonds. The number of carbonyl (C=O) groups excluding carboxylic acids is 1. The molecule has 134 valence electrons. The van der Waals surface area contributed by atoms with Gasteiger partial charge in [0.25, 0.3) is 0 Å². The lowest BCUT2D eigenvalue weighted by Gasteiger charge is -2.34. The summed E-state index contributed by atoms with van der Waals surface area (Å²) in [6.07, 6.45) is 0.438. The second kappa shape index (κ2) is 6.84. The topological polar surface area (TPSA) is 97.3 Å². The summed E-state index contributed by atoms with van der Waals surface area (Å²) in [6, 6.07) is 6.29. The Hall–Kier alpha value is -2.41. The Labute approximate surface area is 147 Å². The predicted molar refractivity (Wildman–Crippen MR) is 94.0 cm³/mol. The molecular formula is C18H25N5O2. The van der Waals surface area contributed by atoms with Crippen LogP contribution in [0.3, 0.4) is 0 Å². The van der Waals surface area contributed by atoms with Crippen LogP contribution in [0.4, 0.5) is 0 Å². The molecule has 1 aliphatic heterocycles. The molecule has 2 heterocycles. The van der Waals surface area contributed by atoms with Crippen molar-refractivity contribution in [2.45, 2.75) is 51.7 Å². The first kappa shape index (κ1) is 17.4. The quantitative estimate of drug-likeness (QED) is 0.878. The Balaban J connectivity index is 1.71. The molecule has 1 aromatic carbocycles. The van der Waals surface area contributed by atoms with E-state index in [4.69, 9.17) is 5.73 Å². The molecule has 0 fully saturated rings. The predicted octanol–water partition coefficient (Wildman–Crippen LogP) is 1.58. The number of aromatic hydroxyl groups is 1. The minimum atomic E-state index is -0.615. The van der Waals surface area contributed by atoms with Crippen LogP contribution >= 0.6 is 0 Å². The van der Waals surface area contributed by atoms with Crippen LogP contribution in [0.2, 0.25) is 0 Å². The van der Waals surface area contributed by atoms with Crippen molar-refractivity contribution in [3.05, 3.63) is 41.5 Å². The first-order valence-electron chi connectivity index (χ1n) is 8.62. The molecule has 3 rings (SSSR count). The highest BCUT2D eigenvalue weighted by Crippen LogP contribution is 2.25. The van der Waals surface area contributed by atoms with Crippen LogP contribution in [0.1, 0.15) is 49.9 Å².